The van der Waals surface area contributed by atoms with Gasteiger partial charge in [0.2, 0.25) is 12.0 Å². The first-order valence-corrected chi connectivity index (χ1v) is 3.29. The Morgan fingerprint density at radius 1 is 1.50 bits per heavy atom. The summed E-state index contributed by atoms with van der Waals surface area (Å²) in [5.41, 5.74) is 5.28. The summed E-state index contributed by atoms with van der Waals surface area (Å²) in [6.07, 6.45) is 0. The second-order valence-electron chi connectivity index (χ2n) is 2.41. The molecule has 1 amide bonds. The van der Waals surface area contributed by atoms with Crippen molar-refractivity contribution in [3.05, 3.63) is 0 Å². The van der Waals surface area contributed by atoms with E-state index in [2.05, 4.69) is 20.3 Å². The second-order valence-corrected chi connectivity index (χ2v) is 2.41. The van der Waals surface area contributed by atoms with Crippen molar-refractivity contribution in [2.45, 2.75) is 6.04 Å². The summed E-state index contributed by atoms with van der Waals surface area (Å²) in [6, 6.07) is -0.678. The molecule has 2 heterocycles. The molecule has 0 aromatic carbocycles. The summed E-state index contributed by atoms with van der Waals surface area (Å²) >= 11 is 0. The zero-order chi connectivity index (χ0) is 8.72. The number of carbonyl (C=O) groups excluding carboxylic acids is 1. The van der Waals surface area contributed by atoms with Crippen molar-refractivity contribution in [3.63, 3.8) is 0 Å². The molecule has 0 aliphatic carbocycles. The zero-order valence-electron chi connectivity index (χ0n) is 6.30. The van der Waals surface area contributed by atoms with Crippen LogP contribution in [0.15, 0.2) is 20.3 Å². The van der Waals surface area contributed by atoms with Gasteiger partial charge in [-0.1, -0.05) is 5.22 Å². The minimum Gasteiger partial charge on any atom is -0.368 e. The zero-order valence-corrected chi connectivity index (χ0v) is 6.30. The minimum absolute atomic E-state index is 0.0367. The van der Waals surface area contributed by atoms with Crippen LogP contribution in [0.1, 0.15) is 0 Å². The lowest BCUT2D eigenvalue weighted by molar-refractivity contribution is -0.117. The molecular weight excluding hydrogens is 160 g/mol. The molecule has 0 saturated heterocycles. The average molecular weight is 166 g/mol. The maximum Gasteiger partial charge on any atom is 0.283 e. The first-order chi connectivity index (χ1) is 5.68. The van der Waals surface area contributed by atoms with Crippen LogP contribution in [0.3, 0.4) is 0 Å². The number of fused-ring (bicyclic) bond motifs is 1. The molecular formula is C5H6N6O. The van der Waals surface area contributed by atoms with Crippen molar-refractivity contribution in [2.24, 2.45) is 26.1 Å². The average Bonchev–Trinajstić information content (AvgIpc) is 2.33. The molecule has 0 aromatic rings. The predicted octanol–water partition coefficient (Wildman–Crippen LogP) is -1.08. The molecule has 0 bridgehead atoms. The number of aliphatic imine (C=N–C) groups is 2. The fraction of sp³-hybridized carbons (Fsp3) is 0.400. The summed E-state index contributed by atoms with van der Waals surface area (Å²) in [4.78, 5) is 18.4. The van der Waals surface area contributed by atoms with Crippen LogP contribution in [0.25, 0.3) is 0 Å². The van der Waals surface area contributed by atoms with E-state index in [9.17, 15) is 4.79 Å². The Bertz CT molecular complexity index is 329. The van der Waals surface area contributed by atoms with Gasteiger partial charge >= 0.3 is 0 Å². The molecule has 2 aliphatic heterocycles. The summed E-state index contributed by atoms with van der Waals surface area (Å²) in [6.45, 7) is 0. The molecule has 0 spiro atoms. The van der Waals surface area contributed by atoms with Crippen molar-refractivity contribution >= 4 is 17.7 Å². The van der Waals surface area contributed by atoms with E-state index >= 15 is 0 Å². The third-order valence-electron chi connectivity index (χ3n) is 1.57. The monoisotopic (exact) mass is 166 g/mol. The Morgan fingerprint density at radius 2 is 2.25 bits per heavy atom. The lowest BCUT2D eigenvalue weighted by atomic mass is 10.2. The van der Waals surface area contributed by atoms with E-state index < -0.39 is 11.9 Å². The highest BCUT2D eigenvalue weighted by Gasteiger charge is 2.35. The molecule has 7 heteroatoms. The van der Waals surface area contributed by atoms with Crippen LogP contribution >= 0.6 is 0 Å². The molecule has 7 nitrogen and oxygen atoms in total. The van der Waals surface area contributed by atoms with E-state index in [0.717, 1.165) is 0 Å². The van der Waals surface area contributed by atoms with E-state index in [1.165, 1.54) is 5.01 Å². The molecule has 62 valence electrons. The van der Waals surface area contributed by atoms with E-state index in [4.69, 9.17) is 5.73 Å². The Labute approximate surface area is 67.7 Å². The van der Waals surface area contributed by atoms with Crippen molar-refractivity contribution in [1.29, 1.82) is 0 Å². The maximum absolute atomic E-state index is 11.1. The Morgan fingerprint density at radius 3 is 3.00 bits per heavy atom. The Kier molecular flexibility index (Phi) is 1.20. The largest absolute Gasteiger partial charge is 0.368 e. The van der Waals surface area contributed by atoms with Crippen LogP contribution in [0, 0.1) is 0 Å². The molecule has 1 atom stereocenters. The van der Waals surface area contributed by atoms with Gasteiger partial charge in [-0.25, -0.2) is 5.01 Å². The van der Waals surface area contributed by atoms with Gasteiger partial charge < -0.3 is 5.73 Å². The van der Waals surface area contributed by atoms with Crippen molar-refractivity contribution in [3.8, 4) is 0 Å². The summed E-state index contributed by atoms with van der Waals surface area (Å²) in [7, 11) is 1.65. The molecule has 2 aliphatic rings. The smallest absolute Gasteiger partial charge is 0.283 e. The second kappa shape index (κ2) is 2.10. The molecule has 1 unspecified atom stereocenters. The number of amides is 1. The van der Waals surface area contributed by atoms with Crippen LogP contribution in [0.4, 0.5) is 0 Å². The van der Waals surface area contributed by atoms with Gasteiger partial charge in [0.25, 0.3) is 5.91 Å². The SMILES string of the molecule is CN1N=NC2C(=O)N=C(N)N=C21. The summed E-state index contributed by atoms with van der Waals surface area (Å²) < 4.78 is 0. The van der Waals surface area contributed by atoms with E-state index in [1.54, 1.807) is 7.05 Å². The van der Waals surface area contributed by atoms with Crippen LogP contribution in [0.5, 0.6) is 0 Å². The number of hydrogen-bond acceptors (Lipinski definition) is 6. The topological polar surface area (TPSA) is 95.8 Å². The quantitative estimate of drug-likeness (QED) is 0.495. The molecule has 0 fully saturated rings. The van der Waals surface area contributed by atoms with Gasteiger partial charge in [0.15, 0.2) is 5.84 Å². The number of guanidine groups is 1. The minimum atomic E-state index is -0.678. The van der Waals surface area contributed by atoms with Gasteiger partial charge in [0.1, 0.15) is 0 Å². The van der Waals surface area contributed by atoms with Gasteiger partial charge in [-0.2, -0.15) is 9.98 Å². The van der Waals surface area contributed by atoms with Crippen molar-refractivity contribution in [1.82, 2.24) is 5.01 Å². The van der Waals surface area contributed by atoms with Gasteiger partial charge in [-0.3, -0.25) is 4.79 Å². The molecule has 2 rings (SSSR count). The molecule has 0 saturated carbocycles. The number of likely N-dealkylation sites (N-methyl/N-ethyl adjacent to an activating group) is 1. The van der Waals surface area contributed by atoms with Gasteiger partial charge in [0, 0.05) is 7.05 Å². The van der Waals surface area contributed by atoms with Crippen molar-refractivity contribution < 1.29 is 4.79 Å². The van der Waals surface area contributed by atoms with Crippen LogP contribution in [0.2, 0.25) is 0 Å². The Hall–Kier alpha value is -1.79. The van der Waals surface area contributed by atoms with Crippen LogP contribution < -0.4 is 5.73 Å². The summed E-state index contributed by atoms with van der Waals surface area (Å²) in [5, 5.41) is 8.71. The lowest BCUT2D eigenvalue weighted by Gasteiger charge is -2.12. The highest BCUT2D eigenvalue weighted by Crippen LogP contribution is 2.14. The third-order valence-corrected chi connectivity index (χ3v) is 1.57. The van der Waals surface area contributed by atoms with Crippen molar-refractivity contribution in [2.75, 3.05) is 7.05 Å². The fourth-order valence-corrected chi connectivity index (χ4v) is 1.01. The highest BCUT2D eigenvalue weighted by atomic mass is 16.2. The Balaban J connectivity index is 2.43. The first-order valence-electron chi connectivity index (χ1n) is 3.29. The van der Waals surface area contributed by atoms with Gasteiger partial charge in [0.05, 0.1) is 0 Å². The predicted molar refractivity (Wildman–Crippen MR) is 40.5 cm³/mol. The number of nitrogens with two attached hydrogens (primary N) is 1. The van der Waals surface area contributed by atoms with E-state index in [0.29, 0.717) is 5.84 Å². The standard InChI is InChI=1S/C5H6N6O/c1-11-3-2(9-10-11)4(12)8-5(6)7-3/h2H,1H3,(H2,6,8,12). The fourth-order valence-electron chi connectivity index (χ4n) is 1.01. The first kappa shape index (κ1) is 6.89. The van der Waals surface area contributed by atoms with E-state index in [1.807, 2.05) is 0 Å². The van der Waals surface area contributed by atoms with Crippen LogP contribution in [-0.4, -0.2) is 35.8 Å². The molecule has 0 radical (unpaired) electrons. The highest BCUT2D eigenvalue weighted by molar-refractivity contribution is 6.17. The van der Waals surface area contributed by atoms with Gasteiger partial charge in [-0.15, -0.1) is 5.11 Å². The van der Waals surface area contributed by atoms with Crippen LogP contribution in [-0.2, 0) is 4.79 Å². The number of hydrogen-bond donors (Lipinski definition) is 1. The number of rotatable bonds is 0. The summed E-state index contributed by atoms with van der Waals surface area (Å²) in [5.74, 6) is -0.0106. The molecule has 0 aromatic heterocycles. The number of nitrogens with zero attached hydrogens (tertiary/aromatic N) is 5. The lowest BCUT2D eigenvalue weighted by Crippen LogP contribution is -2.37. The third kappa shape index (κ3) is 0.792. The molecule has 2 N–H and O–H groups in total. The number of carbonyl (C=O) groups is 1. The van der Waals surface area contributed by atoms with Gasteiger partial charge in [-0.05, 0) is 0 Å². The number of amidine groups is 1. The van der Waals surface area contributed by atoms with E-state index in [-0.39, 0.29) is 5.96 Å². The normalized spacial score (nSPS) is 26.9. The molecule has 12 heavy (non-hydrogen) atoms. The maximum atomic E-state index is 11.1.